The van der Waals surface area contributed by atoms with Crippen LogP contribution in [0, 0.1) is 0 Å². The van der Waals surface area contributed by atoms with E-state index in [0.717, 1.165) is 5.88 Å². The topological polar surface area (TPSA) is 12.0 Å². The Bertz CT molecular complexity index is 161. The molecule has 2 aliphatic rings. The normalized spacial score (nSPS) is 24.0. The van der Waals surface area contributed by atoms with Gasteiger partial charge < -0.3 is 5.32 Å². The molecule has 0 radical (unpaired) electrons. The highest BCUT2D eigenvalue weighted by atomic mass is 32.2. The fraction of sp³-hybridized carbons (Fsp3) is 0.429. The van der Waals surface area contributed by atoms with Crippen LogP contribution < -0.4 is 5.32 Å². The van der Waals surface area contributed by atoms with Crippen molar-refractivity contribution in [3.05, 3.63) is 22.8 Å². The maximum Gasteiger partial charge on any atom is 0.0658 e. The van der Waals surface area contributed by atoms with E-state index in [4.69, 9.17) is 0 Å². The zero-order valence-electron chi connectivity index (χ0n) is 5.18. The van der Waals surface area contributed by atoms with Crippen molar-refractivity contribution in [2.45, 2.75) is 12.8 Å². The van der Waals surface area contributed by atoms with E-state index >= 15 is 0 Å². The van der Waals surface area contributed by atoms with Crippen LogP contribution in [0.4, 0.5) is 0 Å². The first-order valence-electron chi connectivity index (χ1n) is 3.24. The average Bonchev–Trinajstić information content (AvgIpc) is 2.33. The van der Waals surface area contributed by atoms with Crippen molar-refractivity contribution in [2.75, 3.05) is 5.88 Å². The molecule has 0 aromatic heterocycles. The molecule has 1 saturated heterocycles. The van der Waals surface area contributed by atoms with Crippen LogP contribution in [0.15, 0.2) is 22.8 Å². The van der Waals surface area contributed by atoms with Crippen molar-refractivity contribution < 1.29 is 0 Å². The number of hydrogen-bond acceptors (Lipinski definition) is 2. The molecular formula is C7H9NS. The van der Waals surface area contributed by atoms with Crippen LogP contribution in [-0.2, 0) is 0 Å². The van der Waals surface area contributed by atoms with E-state index in [1.807, 2.05) is 11.8 Å². The smallest absolute Gasteiger partial charge is 0.0658 e. The number of rotatable bonds is 0. The van der Waals surface area contributed by atoms with Crippen molar-refractivity contribution >= 4 is 11.8 Å². The van der Waals surface area contributed by atoms with Gasteiger partial charge in [0.1, 0.15) is 0 Å². The van der Waals surface area contributed by atoms with Crippen molar-refractivity contribution in [3.8, 4) is 0 Å². The molecule has 2 rings (SSSR count). The molecule has 0 atom stereocenters. The second kappa shape index (κ2) is 2.10. The summed E-state index contributed by atoms with van der Waals surface area (Å²) in [7, 11) is 0. The van der Waals surface area contributed by atoms with Crippen LogP contribution >= 0.6 is 11.8 Å². The first-order chi connectivity index (χ1) is 4.47. The summed E-state index contributed by atoms with van der Waals surface area (Å²) in [6.45, 7) is 0. The fourth-order valence-electron chi connectivity index (χ4n) is 1.14. The van der Waals surface area contributed by atoms with E-state index in [0.29, 0.717) is 0 Å². The van der Waals surface area contributed by atoms with Crippen molar-refractivity contribution in [3.63, 3.8) is 0 Å². The second-order valence-corrected chi connectivity index (χ2v) is 3.25. The van der Waals surface area contributed by atoms with Crippen LogP contribution in [0.25, 0.3) is 0 Å². The molecule has 0 amide bonds. The van der Waals surface area contributed by atoms with E-state index in [1.54, 1.807) is 0 Å². The molecule has 1 fully saturated rings. The average molecular weight is 139 g/mol. The Kier molecular flexibility index (Phi) is 1.27. The summed E-state index contributed by atoms with van der Waals surface area (Å²) in [5.41, 5.74) is 1.37. The molecule has 2 heteroatoms. The summed E-state index contributed by atoms with van der Waals surface area (Å²) in [6.07, 6.45) is 7.05. The molecule has 0 aromatic carbocycles. The molecule has 1 nitrogen and oxygen atoms in total. The number of nitrogens with one attached hydrogen (secondary N) is 1. The first-order valence-corrected chi connectivity index (χ1v) is 4.23. The Balaban J connectivity index is 2.30. The first kappa shape index (κ1) is 5.42. The number of allylic oxidation sites excluding steroid dienone is 2. The molecule has 1 heterocycles. The predicted octanol–water partition coefficient (Wildman–Crippen LogP) is 1.84. The standard InChI is InChI=1S/C7H9NS/c1-2-4-7-6(3-1)8-5-9-7/h3-4,8H,1-2,5H2. The molecule has 1 aliphatic carbocycles. The van der Waals surface area contributed by atoms with Crippen LogP contribution in [0.5, 0.6) is 0 Å². The van der Waals surface area contributed by atoms with Gasteiger partial charge in [0.25, 0.3) is 0 Å². The summed E-state index contributed by atoms with van der Waals surface area (Å²) in [5.74, 6) is 1.07. The van der Waals surface area contributed by atoms with Gasteiger partial charge in [-0.1, -0.05) is 12.2 Å². The zero-order chi connectivity index (χ0) is 6.10. The van der Waals surface area contributed by atoms with Crippen LogP contribution in [-0.4, -0.2) is 5.88 Å². The van der Waals surface area contributed by atoms with E-state index in [9.17, 15) is 0 Å². The van der Waals surface area contributed by atoms with Gasteiger partial charge in [-0.05, 0) is 12.8 Å². The lowest BCUT2D eigenvalue weighted by molar-refractivity contribution is 0.940. The summed E-state index contributed by atoms with van der Waals surface area (Å²) in [5, 5.41) is 3.31. The Labute approximate surface area is 59.2 Å². The number of thioether (sulfide) groups is 1. The lowest BCUT2D eigenvalue weighted by atomic mass is 10.1. The molecule has 0 saturated carbocycles. The molecule has 0 aromatic rings. The highest BCUT2D eigenvalue weighted by Gasteiger charge is 2.14. The van der Waals surface area contributed by atoms with Gasteiger partial charge in [-0.2, -0.15) is 0 Å². The Morgan fingerprint density at radius 2 is 2.22 bits per heavy atom. The molecule has 48 valence electrons. The van der Waals surface area contributed by atoms with Gasteiger partial charge in [-0.3, -0.25) is 0 Å². The minimum Gasteiger partial charge on any atom is -0.375 e. The Morgan fingerprint density at radius 3 is 3.11 bits per heavy atom. The third-order valence-electron chi connectivity index (χ3n) is 1.60. The lowest BCUT2D eigenvalue weighted by Crippen LogP contribution is -2.04. The summed E-state index contributed by atoms with van der Waals surface area (Å²) < 4.78 is 0. The third-order valence-corrected chi connectivity index (χ3v) is 2.59. The SMILES string of the molecule is C1=C2NCSC2=CCC1. The molecule has 1 aliphatic heterocycles. The molecule has 9 heavy (non-hydrogen) atoms. The predicted molar refractivity (Wildman–Crippen MR) is 41.0 cm³/mol. The molecule has 0 unspecified atom stereocenters. The molecule has 0 bridgehead atoms. The van der Waals surface area contributed by atoms with Crippen LogP contribution in [0.1, 0.15) is 12.8 Å². The molecular weight excluding hydrogens is 130 g/mol. The third kappa shape index (κ3) is 0.874. The summed E-state index contributed by atoms with van der Waals surface area (Å²) in [4.78, 5) is 1.46. The largest absolute Gasteiger partial charge is 0.375 e. The number of hydrogen-bond donors (Lipinski definition) is 1. The Hall–Kier alpha value is -0.370. The van der Waals surface area contributed by atoms with Crippen molar-refractivity contribution in [2.24, 2.45) is 0 Å². The maximum atomic E-state index is 3.31. The highest BCUT2D eigenvalue weighted by Crippen LogP contribution is 2.31. The molecule has 0 spiro atoms. The lowest BCUT2D eigenvalue weighted by Gasteiger charge is -2.04. The van der Waals surface area contributed by atoms with E-state index in [2.05, 4.69) is 17.5 Å². The van der Waals surface area contributed by atoms with Gasteiger partial charge in [-0.15, -0.1) is 11.8 Å². The van der Waals surface area contributed by atoms with Gasteiger partial charge in [-0.25, -0.2) is 0 Å². The zero-order valence-corrected chi connectivity index (χ0v) is 6.00. The minimum absolute atomic E-state index is 1.07. The van der Waals surface area contributed by atoms with Gasteiger partial charge in [0.15, 0.2) is 0 Å². The van der Waals surface area contributed by atoms with Gasteiger partial charge in [0, 0.05) is 10.6 Å². The molecule has 1 N–H and O–H groups in total. The van der Waals surface area contributed by atoms with Gasteiger partial charge >= 0.3 is 0 Å². The van der Waals surface area contributed by atoms with Crippen LogP contribution in [0.2, 0.25) is 0 Å². The Morgan fingerprint density at radius 1 is 1.33 bits per heavy atom. The number of fused-ring (bicyclic) bond motifs is 1. The summed E-state index contributed by atoms with van der Waals surface area (Å²) in [6, 6.07) is 0. The van der Waals surface area contributed by atoms with E-state index in [-0.39, 0.29) is 0 Å². The second-order valence-electron chi connectivity index (χ2n) is 2.23. The maximum absolute atomic E-state index is 3.31. The van der Waals surface area contributed by atoms with Crippen LogP contribution in [0.3, 0.4) is 0 Å². The van der Waals surface area contributed by atoms with Crippen molar-refractivity contribution in [1.82, 2.24) is 5.32 Å². The van der Waals surface area contributed by atoms with E-state index < -0.39 is 0 Å². The van der Waals surface area contributed by atoms with Crippen molar-refractivity contribution in [1.29, 1.82) is 0 Å². The highest BCUT2D eigenvalue weighted by molar-refractivity contribution is 8.03. The van der Waals surface area contributed by atoms with Gasteiger partial charge in [0.2, 0.25) is 0 Å². The summed E-state index contributed by atoms with van der Waals surface area (Å²) >= 11 is 1.91. The quantitative estimate of drug-likeness (QED) is 0.549. The van der Waals surface area contributed by atoms with E-state index in [1.165, 1.54) is 23.4 Å². The fourth-order valence-corrected chi connectivity index (χ4v) is 2.07. The minimum atomic E-state index is 1.07. The monoisotopic (exact) mass is 139 g/mol. The van der Waals surface area contributed by atoms with Gasteiger partial charge in [0.05, 0.1) is 5.88 Å².